The molecule has 16 bridgehead atoms. The van der Waals surface area contributed by atoms with Crippen LogP contribution in [0.1, 0.15) is 90.6 Å². The summed E-state index contributed by atoms with van der Waals surface area (Å²) in [7, 11) is -5.63. The van der Waals surface area contributed by atoms with Crippen molar-refractivity contribution < 1.29 is 33.7 Å². The maximum Gasteiger partial charge on any atom is 0.309 e. The Morgan fingerprint density at radius 3 is 0.607 bits per heavy atom. The maximum absolute atomic E-state index is 13.5. The zero-order valence-electron chi connectivity index (χ0n) is 45.8. The molecule has 0 spiro atoms. The van der Waals surface area contributed by atoms with Crippen LogP contribution < -0.4 is 0 Å². The predicted molar refractivity (Wildman–Crippen MR) is 315 cm³/mol. The molecular formula is C60H44N12O8S4. The highest BCUT2D eigenvalue weighted by Gasteiger charge is 2.25. The lowest BCUT2D eigenvalue weighted by Gasteiger charge is -2.12. The summed E-state index contributed by atoms with van der Waals surface area (Å²) in [6.45, 7) is 0. The molecule has 4 aromatic carbocycles. The molecule has 0 amide bonds. The molecular weight excluding hydrogens is 1150 g/mol. The molecule has 9 rings (SSSR count). The number of rotatable bonds is 8. The monoisotopic (exact) mass is 1190 g/mol. The third-order valence-electron chi connectivity index (χ3n) is 11.6. The first-order valence-corrected chi connectivity index (χ1v) is 30.1. The molecule has 416 valence electrons. The van der Waals surface area contributed by atoms with E-state index in [4.69, 9.17) is 0 Å². The first kappa shape index (κ1) is 58.5. The van der Waals surface area contributed by atoms with E-state index in [-0.39, 0.29) is 46.1 Å². The van der Waals surface area contributed by atoms with E-state index in [1.54, 1.807) is 97.1 Å². The van der Waals surface area contributed by atoms with Crippen molar-refractivity contribution in [3.05, 3.63) is 212 Å². The van der Waals surface area contributed by atoms with Crippen LogP contribution in [-0.4, -0.2) is 143 Å². The van der Waals surface area contributed by atoms with Gasteiger partial charge in [-0.05, 0) is 120 Å². The van der Waals surface area contributed by atoms with Gasteiger partial charge in [0.05, 0.1) is 24.8 Å². The van der Waals surface area contributed by atoms with E-state index >= 15 is 0 Å². The van der Waals surface area contributed by atoms with Crippen LogP contribution in [0.15, 0.2) is 122 Å². The lowest BCUT2D eigenvalue weighted by atomic mass is 10.1. The third-order valence-corrected chi connectivity index (χ3v) is 18.4. The average molecular weight is 1190 g/mol. The summed E-state index contributed by atoms with van der Waals surface area (Å²) in [6.07, 6.45) is 5.01. The van der Waals surface area contributed by atoms with Crippen LogP contribution in [0.5, 0.6) is 0 Å². The molecule has 1 aliphatic heterocycles. The van der Waals surface area contributed by atoms with Crippen molar-refractivity contribution in [2.45, 2.75) is 0 Å². The van der Waals surface area contributed by atoms with Gasteiger partial charge in [0.2, 0.25) is 23.3 Å². The van der Waals surface area contributed by atoms with Gasteiger partial charge in [0, 0.05) is 101 Å². The predicted octanol–water partition coefficient (Wildman–Crippen LogP) is 2.60. The Morgan fingerprint density at radius 1 is 0.274 bits per heavy atom. The standard InChI is InChI=1S/C60H44N12O8S4/c1-65(2)81(73,74)69-41-53-29-21-45-13-9-14-46(37-45)22-30-54-42-71(83(77,78)67(5)6)59(62-54)35-27-51-19-12-20-52(40-51)28-36-60-64-56(44-72(60)84(79,80)68(7)8)32-24-48-16-11-18-50(39-48)26-34-58-63-55(43-70(58)82(75,76)66(3)4)31-23-47-15-10-17-49(38-47)25-33-57(69)61-53/h9-20,37-44H,1-8H3. The molecule has 84 heavy (non-hydrogen) atoms. The fourth-order valence-corrected chi connectivity index (χ4v) is 10.8. The van der Waals surface area contributed by atoms with E-state index in [1.807, 2.05) is 0 Å². The number of hydrogen-bond donors (Lipinski definition) is 0. The van der Waals surface area contributed by atoms with Crippen LogP contribution in [0.4, 0.5) is 0 Å². The zero-order chi connectivity index (χ0) is 60.1. The molecule has 24 heteroatoms. The van der Waals surface area contributed by atoms with E-state index in [2.05, 4.69) is 115 Å². The Balaban J connectivity index is 1.17. The van der Waals surface area contributed by atoms with Gasteiger partial charge in [0.1, 0.15) is 22.8 Å². The fraction of sp³-hybridized carbons (Fsp3) is 0.133. The third kappa shape index (κ3) is 13.1. The fourth-order valence-electron chi connectivity index (χ4n) is 7.19. The highest BCUT2D eigenvalue weighted by atomic mass is 32.2. The molecule has 1 aliphatic rings. The largest absolute Gasteiger partial charge is 0.309 e. The minimum atomic E-state index is -4.15. The molecule has 0 aliphatic carbocycles. The Labute approximate surface area is 488 Å². The number of hydrogen-bond acceptors (Lipinski definition) is 12. The summed E-state index contributed by atoms with van der Waals surface area (Å²) in [4.78, 5) is 17.8. The molecule has 0 radical (unpaired) electrons. The molecule has 0 saturated carbocycles. The molecule has 4 aromatic heterocycles. The number of imidazole rings is 4. The summed E-state index contributed by atoms with van der Waals surface area (Å²) in [6, 6.07) is 26.9. The van der Waals surface area contributed by atoms with Gasteiger partial charge in [-0.3, -0.25) is 0 Å². The molecule has 0 unspecified atom stereocenters. The maximum atomic E-state index is 13.5. The minimum absolute atomic E-state index is 0.0735. The van der Waals surface area contributed by atoms with Crippen molar-refractivity contribution in [1.82, 2.24) is 53.0 Å². The van der Waals surface area contributed by atoms with Crippen LogP contribution in [0.3, 0.4) is 0 Å². The van der Waals surface area contributed by atoms with Crippen LogP contribution in [0.25, 0.3) is 0 Å². The number of aromatic nitrogens is 8. The average Bonchev–Trinajstić information content (AvgIpc) is 2.94. The van der Waals surface area contributed by atoms with E-state index in [1.165, 1.54) is 81.2 Å². The van der Waals surface area contributed by atoms with E-state index in [0.29, 0.717) is 44.5 Å². The molecule has 5 heterocycles. The van der Waals surface area contributed by atoms with Gasteiger partial charge in [-0.15, -0.1) is 0 Å². The zero-order valence-corrected chi connectivity index (χ0v) is 49.1. The SMILES string of the molecule is CN(C)S(=O)(=O)n1cc2nc1C#Cc1cccc(c1)C#Cc1cn(S(=O)(=O)N(C)C)c(n1)C#Cc1cccc(c1)C#Cc1cn(S(=O)(=O)N(C)C)c(n1)C#Cc1cccc(c1)C#Cc1nc(cn1S(=O)(=O)N(C)C)C#Cc1cccc(c1)C#C2. The lowest BCUT2D eigenvalue weighted by molar-refractivity contribution is 0.509. The Morgan fingerprint density at radius 2 is 0.440 bits per heavy atom. The quantitative estimate of drug-likeness (QED) is 0.201. The van der Waals surface area contributed by atoms with Gasteiger partial charge < -0.3 is 0 Å². The molecule has 0 saturated heterocycles. The van der Waals surface area contributed by atoms with Gasteiger partial charge in [-0.1, -0.05) is 71.6 Å². The summed E-state index contributed by atoms with van der Waals surface area (Å²) >= 11 is 0. The molecule has 8 aromatic rings. The summed E-state index contributed by atoms with van der Waals surface area (Å²) in [5.41, 5.74) is 3.96. The molecule has 0 N–H and O–H groups in total. The number of benzene rings is 4. The van der Waals surface area contributed by atoms with Crippen molar-refractivity contribution in [3.8, 4) is 94.7 Å². The first-order chi connectivity index (χ1) is 39.9. The van der Waals surface area contributed by atoms with Crippen LogP contribution >= 0.6 is 0 Å². The second kappa shape index (κ2) is 23.7. The van der Waals surface area contributed by atoms with Crippen LogP contribution in [0, 0.1) is 94.7 Å². The highest BCUT2D eigenvalue weighted by Crippen LogP contribution is 2.16. The molecule has 20 nitrogen and oxygen atoms in total. The molecule has 0 fully saturated rings. The van der Waals surface area contributed by atoms with E-state index in [9.17, 15) is 33.7 Å². The number of fused-ring (bicyclic) bond motifs is 16. The Bertz CT molecular complexity index is 5070. The van der Waals surface area contributed by atoms with Gasteiger partial charge in [0.15, 0.2) is 0 Å². The van der Waals surface area contributed by atoms with Crippen molar-refractivity contribution in [1.29, 1.82) is 0 Å². The minimum Gasteiger partial charge on any atom is -0.211 e. The van der Waals surface area contributed by atoms with E-state index < -0.39 is 40.8 Å². The van der Waals surface area contributed by atoms with Crippen LogP contribution in [0.2, 0.25) is 0 Å². The van der Waals surface area contributed by atoms with E-state index in [0.717, 1.165) is 33.1 Å². The van der Waals surface area contributed by atoms with Crippen molar-refractivity contribution in [3.63, 3.8) is 0 Å². The molecule has 0 atom stereocenters. The second-order valence-electron chi connectivity index (χ2n) is 18.5. The van der Waals surface area contributed by atoms with Crippen molar-refractivity contribution in [2.75, 3.05) is 56.4 Å². The normalized spacial score (nSPS) is 12.1. The summed E-state index contributed by atoms with van der Waals surface area (Å²) in [5, 5.41) is 0. The van der Waals surface area contributed by atoms with Gasteiger partial charge in [0.25, 0.3) is 0 Å². The Hall–Kier alpha value is -10.2. The topological polar surface area (TPSA) is 221 Å². The highest BCUT2D eigenvalue weighted by molar-refractivity contribution is 7.88. The van der Waals surface area contributed by atoms with Crippen molar-refractivity contribution in [2.24, 2.45) is 0 Å². The lowest BCUT2D eigenvalue weighted by Crippen LogP contribution is -2.29. The van der Waals surface area contributed by atoms with Gasteiger partial charge in [-0.25, -0.2) is 35.8 Å². The first-order valence-electron chi connectivity index (χ1n) is 24.5. The van der Waals surface area contributed by atoms with Crippen molar-refractivity contribution >= 4 is 40.8 Å². The number of nitrogens with zero attached hydrogens (tertiary/aromatic N) is 12. The van der Waals surface area contributed by atoms with Gasteiger partial charge in [-0.2, -0.15) is 50.9 Å². The smallest absolute Gasteiger partial charge is 0.211 e. The Kier molecular flexibility index (Phi) is 16.5. The van der Waals surface area contributed by atoms with Crippen LogP contribution in [-0.2, 0) is 40.8 Å². The van der Waals surface area contributed by atoms with Gasteiger partial charge >= 0.3 is 40.8 Å². The summed E-state index contributed by atoms with van der Waals surface area (Å²) < 4.78 is 116. The second-order valence-corrected chi connectivity index (χ2v) is 26.5. The summed E-state index contributed by atoms with van der Waals surface area (Å²) in [5.74, 6) is 46.3.